The van der Waals surface area contributed by atoms with E-state index >= 15 is 0 Å². The summed E-state index contributed by atoms with van der Waals surface area (Å²) in [5.41, 5.74) is 1.53. The van der Waals surface area contributed by atoms with Crippen molar-refractivity contribution >= 4 is 40.9 Å². The van der Waals surface area contributed by atoms with Crippen molar-refractivity contribution in [2.24, 2.45) is 4.99 Å². The zero-order valence-electron chi connectivity index (χ0n) is 24.3. The highest BCUT2D eigenvalue weighted by atomic mass is 35.5. The first kappa shape index (κ1) is 30.4. The minimum Gasteiger partial charge on any atom is -0.496 e. The quantitative estimate of drug-likeness (QED) is 0.335. The number of aromatic nitrogens is 1. The summed E-state index contributed by atoms with van der Waals surface area (Å²) in [5, 5.41) is 0.423. The van der Waals surface area contributed by atoms with Crippen LogP contribution in [0.5, 0.6) is 17.2 Å². The fraction of sp³-hybridized carbons (Fsp3) is 0.355. The monoisotopic (exact) mass is 625 g/mol. The van der Waals surface area contributed by atoms with Gasteiger partial charge in [-0.1, -0.05) is 29.0 Å². The Labute approximate surface area is 257 Å². The van der Waals surface area contributed by atoms with Gasteiger partial charge in [0, 0.05) is 23.7 Å². The van der Waals surface area contributed by atoms with Crippen LogP contribution in [-0.2, 0) is 14.3 Å². The number of methoxy groups -OCH3 is 2. The van der Waals surface area contributed by atoms with Crippen LogP contribution < -0.4 is 29.1 Å². The van der Waals surface area contributed by atoms with E-state index in [9.17, 15) is 14.4 Å². The van der Waals surface area contributed by atoms with Crippen LogP contribution in [-0.4, -0.2) is 61.9 Å². The average Bonchev–Trinajstić information content (AvgIpc) is 3.64. The Morgan fingerprint density at radius 1 is 1.07 bits per heavy atom. The largest absolute Gasteiger partial charge is 0.496 e. The molecular formula is C31H32ClN3O7S. The summed E-state index contributed by atoms with van der Waals surface area (Å²) in [5.74, 6) is 0.680. The Morgan fingerprint density at radius 2 is 1.79 bits per heavy atom. The number of allylic oxidation sites excluding steroid dienone is 1. The molecule has 0 aliphatic carbocycles. The van der Waals surface area contributed by atoms with Crippen molar-refractivity contribution in [1.82, 2.24) is 9.47 Å². The standard InChI is InChI=1S/C31H32ClN3O7S/c1-5-41-30(38)27-18(2)33-31-35(28(27)21-16-20(32)9-11-22(21)39-3)29(37)25(43-31)15-19-8-10-23(24(14-19)40-4)42-17-26(36)34-12-6-7-13-34/h8-11,14-16,28H,5-7,12-13,17H2,1-4H3/b25-15-/t28-/m0/s1. The maximum absolute atomic E-state index is 14.0. The van der Waals surface area contributed by atoms with Gasteiger partial charge in [0.1, 0.15) is 11.8 Å². The number of fused-ring (bicyclic) bond motifs is 1. The van der Waals surface area contributed by atoms with Crippen LogP contribution in [0.4, 0.5) is 0 Å². The molecular weight excluding hydrogens is 594 g/mol. The highest BCUT2D eigenvalue weighted by molar-refractivity contribution is 7.07. The molecule has 3 heterocycles. The van der Waals surface area contributed by atoms with E-state index in [1.54, 1.807) is 61.2 Å². The van der Waals surface area contributed by atoms with Gasteiger partial charge in [0.05, 0.1) is 36.6 Å². The van der Waals surface area contributed by atoms with Crippen LogP contribution in [0, 0.1) is 0 Å². The van der Waals surface area contributed by atoms with Crippen LogP contribution in [0.2, 0.25) is 5.02 Å². The third-order valence-electron chi connectivity index (χ3n) is 7.30. The number of amides is 1. The number of carbonyl (C=O) groups excluding carboxylic acids is 2. The van der Waals surface area contributed by atoms with Gasteiger partial charge < -0.3 is 23.8 Å². The molecule has 3 aromatic rings. The lowest BCUT2D eigenvalue weighted by molar-refractivity contribution is -0.139. The van der Waals surface area contributed by atoms with Gasteiger partial charge >= 0.3 is 5.97 Å². The van der Waals surface area contributed by atoms with Crippen molar-refractivity contribution in [2.45, 2.75) is 32.7 Å². The van der Waals surface area contributed by atoms with Gasteiger partial charge in [-0.2, -0.15) is 0 Å². The number of benzene rings is 2. The lowest BCUT2D eigenvalue weighted by Crippen LogP contribution is -2.40. The number of hydrogen-bond donors (Lipinski definition) is 0. The van der Waals surface area contributed by atoms with Gasteiger partial charge in [-0.25, -0.2) is 9.79 Å². The molecule has 1 fully saturated rings. The van der Waals surface area contributed by atoms with Crippen molar-refractivity contribution < 1.29 is 28.5 Å². The first-order valence-corrected chi connectivity index (χ1v) is 15.1. The number of thiazole rings is 1. The Balaban J connectivity index is 1.55. The SMILES string of the molecule is CCOC(=O)C1=C(C)N=c2s/c(=C\c3ccc(OCC(=O)N4CCCC4)c(OC)c3)c(=O)n2[C@H]1c1cc(Cl)ccc1OC. The first-order valence-electron chi connectivity index (χ1n) is 13.9. The van der Waals surface area contributed by atoms with E-state index in [2.05, 4.69) is 4.99 Å². The average molecular weight is 626 g/mol. The lowest BCUT2D eigenvalue weighted by atomic mass is 9.95. The molecule has 12 heteroatoms. The fourth-order valence-electron chi connectivity index (χ4n) is 5.25. The van der Waals surface area contributed by atoms with Crippen LogP contribution in [0.25, 0.3) is 6.08 Å². The van der Waals surface area contributed by atoms with E-state index in [-0.39, 0.29) is 30.3 Å². The molecule has 5 rings (SSSR count). The minimum atomic E-state index is -0.871. The van der Waals surface area contributed by atoms with Crippen LogP contribution in [0.1, 0.15) is 43.9 Å². The highest BCUT2D eigenvalue weighted by Crippen LogP contribution is 2.37. The Hall–Kier alpha value is -4.09. The minimum absolute atomic E-state index is 0.0619. The molecule has 0 radical (unpaired) electrons. The third-order valence-corrected chi connectivity index (χ3v) is 8.52. The van der Waals surface area contributed by atoms with Crippen LogP contribution >= 0.6 is 22.9 Å². The number of ether oxygens (including phenoxy) is 4. The predicted molar refractivity (Wildman–Crippen MR) is 163 cm³/mol. The van der Waals surface area contributed by atoms with E-state index < -0.39 is 12.0 Å². The summed E-state index contributed by atoms with van der Waals surface area (Å²) in [6.45, 7) is 5.01. The topological polar surface area (TPSA) is 109 Å². The fourth-order valence-corrected chi connectivity index (χ4v) is 6.47. The van der Waals surface area contributed by atoms with Gasteiger partial charge in [-0.05, 0) is 68.7 Å². The van der Waals surface area contributed by atoms with Gasteiger partial charge in [-0.15, -0.1) is 0 Å². The summed E-state index contributed by atoms with van der Waals surface area (Å²) in [4.78, 5) is 46.4. The van der Waals surface area contributed by atoms with Crippen molar-refractivity contribution in [1.29, 1.82) is 0 Å². The maximum Gasteiger partial charge on any atom is 0.338 e. The number of nitrogens with zero attached hydrogens (tertiary/aromatic N) is 3. The van der Waals surface area contributed by atoms with Crippen molar-refractivity contribution in [3.63, 3.8) is 0 Å². The molecule has 2 aliphatic rings. The molecule has 2 aromatic carbocycles. The summed E-state index contributed by atoms with van der Waals surface area (Å²) in [6.07, 6.45) is 3.74. The molecule has 1 atom stereocenters. The number of halogens is 1. The summed E-state index contributed by atoms with van der Waals surface area (Å²) in [7, 11) is 3.03. The second-order valence-corrected chi connectivity index (χ2v) is 11.4. The smallest absolute Gasteiger partial charge is 0.338 e. The number of likely N-dealkylation sites (tertiary alicyclic amines) is 1. The number of rotatable bonds is 9. The van der Waals surface area contributed by atoms with Crippen LogP contribution in [0.3, 0.4) is 0 Å². The van der Waals surface area contributed by atoms with Gasteiger partial charge in [-0.3, -0.25) is 14.2 Å². The number of carbonyl (C=O) groups is 2. The van der Waals surface area contributed by atoms with Gasteiger partial charge in [0.2, 0.25) is 0 Å². The predicted octanol–water partition coefficient (Wildman–Crippen LogP) is 3.47. The Bertz CT molecular complexity index is 1770. The molecule has 226 valence electrons. The van der Waals surface area contributed by atoms with Crippen molar-refractivity contribution in [3.8, 4) is 17.2 Å². The third kappa shape index (κ3) is 6.18. The normalized spacial score (nSPS) is 16.5. The molecule has 0 N–H and O–H groups in total. The molecule has 0 bridgehead atoms. The van der Waals surface area contributed by atoms with E-state index in [1.165, 1.54) is 30.1 Å². The zero-order valence-corrected chi connectivity index (χ0v) is 25.9. The second kappa shape index (κ2) is 13.0. The van der Waals surface area contributed by atoms with Crippen LogP contribution in [0.15, 0.2) is 57.5 Å². The summed E-state index contributed by atoms with van der Waals surface area (Å²) >= 11 is 7.56. The molecule has 0 spiro atoms. The summed E-state index contributed by atoms with van der Waals surface area (Å²) in [6, 6.07) is 9.41. The molecule has 10 nitrogen and oxygen atoms in total. The van der Waals surface area contributed by atoms with Crippen molar-refractivity contribution in [2.75, 3.05) is 40.5 Å². The molecule has 1 saturated heterocycles. The maximum atomic E-state index is 14.0. The molecule has 0 unspecified atom stereocenters. The van der Waals surface area contributed by atoms with Gasteiger partial charge in [0.15, 0.2) is 22.9 Å². The van der Waals surface area contributed by atoms with E-state index in [4.69, 9.17) is 30.5 Å². The number of esters is 1. The molecule has 0 saturated carbocycles. The number of hydrogen-bond acceptors (Lipinski definition) is 9. The van der Waals surface area contributed by atoms with E-state index in [0.717, 1.165) is 25.9 Å². The Kier molecular flexibility index (Phi) is 9.22. The molecule has 1 amide bonds. The zero-order chi connectivity index (χ0) is 30.7. The lowest BCUT2D eigenvalue weighted by Gasteiger charge is -2.26. The van der Waals surface area contributed by atoms with Crippen molar-refractivity contribution in [3.05, 3.63) is 83.5 Å². The molecule has 2 aliphatic heterocycles. The first-order chi connectivity index (χ1) is 20.7. The Morgan fingerprint density at radius 3 is 2.49 bits per heavy atom. The second-order valence-electron chi connectivity index (χ2n) is 9.98. The van der Waals surface area contributed by atoms with Gasteiger partial charge in [0.25, 0.3) is 11.5 Å². The molecule has 1 aromatic heterocycles. The highest BCUT2D eigenvalue weighted by Gasteiger charge is 2.35. The van der Waals surface area contributed by atoms with E-state index in [1.807, 2.05) is 0 Å². The van der Waals surface area contributed by atoms with E-state index in [0.29, 0.717) is 48.4 Å². The molecule has 43 heavy (non-hydrogen) atoms. The summed E-state index contributed by atoms with van der Waals surface area (Å²) < 4.78 is 24.1.